The standard InChI is InChI=1S/C9H14N4O3/c1-12-8(14)7(11-13(2)9(12)15)16-6-3-4-10-5-6/h6,10H,3-5H2,1-2H3. The Balaban J connectivity index is 2.34. The fourth-order valence-electron chi connectivity index (χ4n) is 1.63. The average Bonchev–Trinajstić information content (AvgIpc) is 2.76. The summed E-state index contributed by atoms with van der Waals surface area (Å²) in [5.74, 6) is -0.0155. The number of rotatable bonds is 2. The minimum atomic E-state index is -0.491. The van der Waals surface area contributed by atoms with Crippen molar-refractivity contribution in [2.75, 3.05) is 13.1 Å². The van der Waals surface area contributed by atoms with Crippen molar-refractivity contribution in [3.63, 3.8) is 0 Å². The SMILES string of the molecule is Cn1nc(OC2CCNC2)c(=O)n(C)c1=O. The van der Waals surface area contributed by atoms with Gasteiger partial charge >= 0.3 is 11.2 Å². The first-order chi connectivity index (χ1) is 7.59. The van der Waals surface area contributed by atoms with Crippen LogP contribution < -0.4 is 21.3 Å². The van der Waals surface area contributed by atoms with Crippen molar-refractivity contribution in [1.29, 1.82) is 0 Å². The van der Waals surface area contributed by atoms with Crippen LogP contribution in [0, 0.1) is 0 Å². The Bertz CT molecular complexity index is 498. The Morgan fingerprint density at radius 3 is 2.81 bits per heavy atom. The zero-order valence-corrected chi connectivity index (χ0v) is 9.27. The minimum Gasteiger partial charge on any atom is -0.468 e. The van der Waals surface area contributed by atoms with Crippen molar-refractivity contribution in [2.45, 2.75) is 12.5 Å². The van der Waals surface area contributed by atoms with Crippen LogP contribution in [0.1, 0.15) is 6.42 Å². The fraction of sp³-hybridized carbons (Fsp3) is 0.667. The van der Waals surface area contributed by atoms with Gasteiger partial charge in [0.2, 0.25) is 0 Å². The number of nitrogens with zero attached hydrogens (tertiary/aromatic N) is 3. The highest BCUT2D eigenvalue weighted by molar-refractivity contribution is 5.02. The van der Waals surface area contributed by atoms with E-state index >= 15 is 0 Å². The van der Waals surface area contributed by atoms with Crippen molar-refractivity contribution in [1.82, 2.24) is 19.7 Å². The van der Waals surface area contributed by atoms with Crippen LogP contribution >= 0.6 is 0 Å². The molecule has 88 valence electrons. The first-order valence-electron chi connectivity index (χ1n) is 5.11. The van der Waals surface area contributed by atoms with E-state index in [2.05, 4.69) is 10.4 Å². The van der Waals surface area contributed by atoms with E-state index in [9.17, 15) is 9.59 Å². The Kier molecular flexibility index (Phi) is 2.78. The second-order valence-electron chi connectivity index (χ2n) is 3.81. The van der Waals surface area contributed by atoms with Crippen molar-refractivity contribution in [3.8, 4) is 5.88 Å². The fourth-order valence-corrected chi connectivity index (χ4v) is 1.63. The summed E-state index contributed by atoms with van der Waals surface area (Å²) in [5, 5.41) is 6.94. The molecule has 1 aromatic rings. The molecular formula is C9H14N4O3. The lowest BCUT2D eigenvalue weighted by Crippen LogP contribution is -2.40. The quantitative estimate of drug-likeness (QED) is 0.645. The van der Waals surface area contributed by atoms with E-state index in [4.69, 9.17) is 4.74 Å². The number of nitrogens with one attached hydrogen (secondary N) is 1. The van der Waals surface area contributed by atoms with Gasteiger partial charge in [0.15, 0.2) is 0 Å². The van der Waals surface area contributed by atoms with Gasteiger partial charge in [-0.3, -0.25) is 9.36 Å². The van der Waals surface area contributed by atoms with Gasteiger partial charge in [-0.15, -0.1) is 5.10 Å². The van der Waals surface area contributed by atoms with Crippen molar-refractivity contribution < 1.29 is 4.74 Å². The molecule has 0 bridgehead atoms. The van der Waals surface area contributed by atoms with Crippen molar-refractivity contribution in [3.05, 3.63) is 20.8 Å². The predicted octanol–water partition coefficient (Wildman–Crippen LogP) is -1.78. The molecule has 1 saturated heterocycles. The van der Waals surface area contributed by atoms with Gasteiger partial charge in [0.25, 0.3) is 5.88 Å². The highest BCUT2D eigenvalue weighted by atomic mass is 16.5. The van der Waals surface area contributed by atoms with E-state index < -0.39 is 11.2 Å². The van der Waals surface area contributed by atoms with Crippen LogP contribution in [0.2, 0.25) is 0 Å². The van der Waals surface area contributed by atoms with Crippen LogP contribution in [0.25, 0.3) is 0 Å². The molecule has 0 spiro atoms. The molecular weight excluding hydrogens is 212 g/mol. The average molecular weight is 226 g/mol. The topological polar surface area (TPSA) is 78.2 Å². The van der Waals surface area contributed by atoms with Gasteiger partial charge in [-0.2, -0.15) is 0 Å². The Labute approximate surface area is 91.6 Å². The summed E-state index contributed by atoms with van der Waals surface area (Å²) in [5.41, 5.74) is -0.947. The Morgan fingerprint density at radius 1 is 1.44 bits per heavy atom. The lowest BCUT2D eigenvalue weighted by Gasteiger charge is -2.11. The van der Waals surface area contributed by atoms with Crippen LogP contribution in [-0.2, 0) is 14.1 Å². The smallest absolute Gasteiger partial charge is 0.347 e. The number of ether oxygens (including phenoxy) is 1. The molecule has 1 unspecified atom stereocenters. The largest absolute Gasteiger partial charge is 0.468 e. The van der Waals surface area contributed by atoms with Gasteiger partial charge in [0, 0.05) is 20.6 Å². The predicted molar refractivity (Wildman–Crippen MR) is 56.6 cm³/mol. The monoisotopic (exact) mass is 226 g/mol. The number of aromatic nitrogens is 3. The third-order valence-electron chi connectivity index (χ3n) is 2.59. The van der Waals surface area contributed by atoms with Crippen molar-refractivity contribution >= 4 is 0 Å². The molecule has 0 saturated carbocycles. The molecule has 1 aliphatic rings. The molecule has 1 aliphatic heterocycles. The molecule has 7 heteroatoms. The Hall–Kier alpha value is -1.63. The molecule has 0 radical (unpaired) electrons. The van der Waals surface area contributed by atoms with E-state index in [-0.39, 0.29) is 12.0 Å². The molecule has 2 heterocycles. The van der Waals surface area contributed by atoms with Crippen molar-refractivity contribution in [2.24, 2.45) is 14.1 Å². The molecule has 1 fully saturated rings. The molecule has 1 atom stereocenters. The maximum Gasteiger partial charge on any atom is 0.347 e. The Morgan fingerprint density at radius 2 is 2.19 bits per heavy atom. The number of hydrogen-bond donors (Lipinski definition) is 1. The van der Waals surface area contributed by atoms with Crippen LogP contribution in [0.4, 0.5) is 0 Å². The highest BCUT2D eigenvalue weighted by Crippen LogP contribution is 2.05. The van der Waals surface area contributed by atoms with E-state index in [1.165, 1.54) is 14.1 Å². The van der Waals surface area contributed by atoms with Gasteiger partial charge in [-0.05, 0) is 13.0 Å². The van der Waals surface area contributed by atoms with E-state index in [1.807, 2.05) is 0 Å². The molecule has 1 N–H and O–H groups in total. The maximum absolute atomic E-state index is 11.7. The molecule has 16 heavy (non-hydrogen) atoms. The first-order valence-corrected chi connectivity index (χ1v) is 5.11. The van der Waals surface area contributed by atoms with Gasteiger partial charge in [0.1, 0.15) is 6.10 Å². The third-order valence-corrected chi connectivity index (χ3v) is 2.59. The van der Waals surface area contributed by atoms with Gasteiger partial charge in [-0.25, -0.2) is 9.48 Å². The molecule has 0 aliphatic carbocycles. The number of hydrogen-bond acceptors (Lipinski definition) is 5. The number of aryl methyl sites for hydroxylation is 1. The van der Waals surface area contributed by atoms with Crippen LogP contribution in [0.3, 0.4) is 0 Å². The van der Waals surface area contributed by atoms with Crippen LogP contribution in [0.15, 0.2) is 9.59 Å². The molecule has 1 aromatic heterocycles. The van der Waals surface area contributed by atoms with Crippen LogP contribution in [-0.4, -0.2) is 33.5 Å². The molecule has 0 amide bonds. The lowest BCUT2D eigenvalue weighted by molar-refractivity contribution is 0.202. The molecule has 2 rings (SSSR count). The summed E-state index contributed by atoms with van der Waals surface area (Å²) in [7, 11) is 2.90. The summed E-state index contributed by atoms with van der Waals surface area (Å²) in [6.45, 7) is 1.57. The second kappa shape index (κ2) is 4.09. The third kappa shape index (κ3) is 1.85. The van der Waals surface area contributed by atoms with E-state index in [1.54, 1.807) is 0 Å². The van der Waals surface area contributed by atoms with Crippen LogP contribution in [0.5, 0.6) is 5.88 Å². The molecule has 7 nitrogen and oxygen atoms in total. The summed E-state index contributed by atoms with van der Waals surface area (Å²) in [6, 6.07) is 0. The van der Waals surface area contributed by atoms with E-state index in [0.717, 1.165) is 22.2 Å². The normalized spacial score (nSPS) is 20.0. The summed E-state index contributed by atoms with van der Waals surface area (Å²) >= 11 is 0. The summed E-state index contributed by atoms with van der Waals surface area (Å²) in [6.07, 6.45) is 0.797. The first kappa shape index (κ1) is 10.9. The minimum absolute atomic E-state index is 0.0155. The van der Waals surface area contributed by atoms with E-state index in [0.29, 0.717) is 6.54 Å². The zero-order valence-electron chi connectivity index (χ0n) is 9.27. The molecule has 0 aromatic carbocycles. The van der Waals surface area contributed by atoms with Gasteiger partial charge in [-0.1, -0.05) is 0 Å². The van der Waals surface area contributed by atoms with Gasteiger partial charge in [0.05, 0.1) is 0 Å². The summed E-state index contributed by atoms with van der Waals surface area (Å²) in [4.78, 5) is 23.0. The summed E-state index contributed by atoms with van der Waals surface area (Å²) < 4.78 is 7.54. The van der Waals surface area contributed by atoms with Gasteiger partial charge < -0.3 is 10.1 Å². The maximum atomic E-state index is 11.7. The zero-order chi connectivity index (χ0) is 11.7. The lowest BCUT2D eigenvalue weighted by atomic mass is 10.3. The second-order valence-corrected chi connectivity index (χ2v) is 3.81. The highest BCUT2D eigenvalue weighted by Gasteiger charge is 2.19.